The van der Waals surface area contributed by atoms with Crippen LogP contribution in [0.5, 0.6) is 5.88 Å². The van der Waals surface area contributed by atoms with Gasteiger partial charge in [0.05, 0.1) is 6.20 Å². The number of carboxylic acid groups (broad SMARTS) is 1. The zero-order chi connectivity index (χ0) is 11.6. The summed E-state index contributed by atoms with van der Waals surface area (Å²) < 4.78 is 51.0. The van der Waals surface area contributed by atoms with Gasteiger partial charge in [0.15, 0.2) is 5.82 Å². The van der Waals surface area contributed by atoms with E-state index in [0.29, 0.717) is 12.3 Å². The molecule has 0 unspecified atom stereocenters. The van der Waals surface area contributed by atoms with E-state index in [4.69, 9.17) is 5.11 Å². The molecule has 1 N–H and O–H groups in total. The molecule has 1 aromatic heterocycles. The first kappa shape index (κ1) is 11.2. The summed E-state index contributed by atoms with van der Waals surface area (Å²) in [6.07, 6.45) is -4.66. The Kier molecular flexibility index (Phi) is 2.78. The molecule has 0 amide bonds. The average Bonchev–Trinajstić information content (AvgIpc) is 2.05. The Balaban J connectivity index is 3.03. The van der Waals surface area contributed by atoms with Gasteiger partial charge in [0.2, 0.25) is 5.88 Å². The van der Waals surface area contributed by atoms with Gasteiger partial charge in [0.25, 0.3) is 0 Å². The van der Waals surface area contributed by atoms with Crippen molar-refractivity contribution in [2.75, 3.05) is 0 Å². The maximum atomic E-state index is 12.7. The van der Waals surface area contributed by atoms with E-state index < -0.39 is 29.6 Å². The van der Waals surface area contributed by atoms with Crippen molar-refractivity contribution in [2.45, 2.75) is 6.36 Å². The maximum Gasteiger partial charge on any atom is 0.574 e. The van der Waals surface area contributed by atoms with Crippen molar-refractivity contribution in [1.82, 2.24) is 4.98 Å². The summed E-state index contributed by atoms with van der Waals surface area (Å²) in [6.45, 7) is 0. The molecule has 0 aliphatic heterocycles. The summed E-state index contributed by atoms with van der Waals surface area (Å²) in [4.78, 5) is 13.3. The Morgan fingerprint density at radius 1 is 1.47 bits per heavy atom. The normalized spacial score (nSPS) is 11.2. The molecule has 82 valence electrons. The summed E-state index contributed by atoms with van der Waals surface area (Å²) in [7, 11) is 0. The van der Waals surface area contributed by atoms with Crippen molar-refractivity contribution in [1.29, 1.82) is 0 Å². The van der Waals surface area contributed by atoms with Crippen LogP contribution >= 0.6 is 0 Å². The minimum absolute atomic E-state index is 0.338. The summed E-state index contributed by atoms with van der Waals surface area (Å²) >= 11 is 0. The van der Waals surface area contributed by atoms with Crippen molar-refractivity contribution in [3.8, 4) is 5.88 Å². The fourth-order valence-corrected chi connectivity index (χ4v) is 0.758. The number of pyridine rings is 1. The van der Waals surface area contributed by atoms with Crippen LogP contribution in [-0.2, 0) is 0 Å². The second kappa shape index (κ2) is 3.71. The Hall–Kier alpha value is -1.86. The number of aromatic carboxylic acids is 1. The minimum atomic E-state index is -5.00. The van der Waals surface area contributed by atoms with Gasteiger partial charge in [-0.25, -0.2) is 14.2 Å². The largest absolute Gasteiger partial charge is 0.574 e. The molecule has 4 nitrogen and oxygen atoms in total. The predicted octanol–water partition coefficient (Wildman–Crippen LogP) is 1.82. The number of rotatable bonds is 2. The van der Waals surface area contributed by atoms with E-state index in [1.807, 2.05) is 0 Å². The highest BCUT2D eigenvalue weighted by Crippen LogP contribution is 2.22. The Labute approximate surface area is 80.1 Å². The van der Waals surface area contributed by atoms with Crippen LogP contribution in [0.4, 0.5) is 17.6 Å². The topological polar surface area (TPSA) is 59.4 Å². The molecule has 0 fully saturated rings. The molecule has 1 rings (SSSR count). The summed E-state index contributed by atoms with van der Waals surface area (Å²) in [5.74, 6) is -3.97. The van der Waals surface area contributed by atoms with E-state index >= 15 is 0 Å². The van der Waals surface area contributed by atoms with Gasteiger partial charge in [0, 0.05) is 6.07 Å². The second-order valence-corrected chi connectivity index (χ2v) is 2.36. The summed E-state index contributed by atoms with van der Waals surface area (Å²) in [5.41, 5.74) is -0.941. The number of ether oxygens (including phenoxy) is 1. The number of carbonyl (C=O) groups is 1. The number of alkyl halides is 3. The van der Waals surface area contributed by atoms with E-state index in [9.17, 15) is 22.4 Å². The van der Waals surface area contributed by atoms with Gasteiger partial charge in [-0.15, -0.1) is 13.2 Å². The molecule has 15 heavy (non-hydrogen) atoms. The Morgan fingerprint density at radius 2 is 2.07 bits per heavy atom. The zero-order valence-corrected chi connectivity index (χ0v) is 6.88. The molecule has 0 saturated heterocycles. The highest BCUT2D eigenvalue weighted by molar-refractivity contribution is 5.88. The molecule has 0 aliphatic rings. The van der Waals surface area contributed by atoms with Gasteiger partial charge in [0.1, 0.15) is 5.56 Å². The van der Waals surface area contributed by atoms with Gasteiger partial charge < -0.3 is 9.84 Å². The van der Waals surface area contributed by atoms with Crippen LogP contribution < -0.4 is 4.74 Å². The van der Waals surface area contributed by atoms with Crippen LogP contribution in [0.2, 0.25) is 0 Å². The van der Waals surface area contributed by atoms with Gasteiger partial charge in [-0.1, -0.05) is 0 Å². The first-order chi connectivity index (χ1) is 6.79. The van der Waals surface area contributed by atoms with Crippen LogP contribution in [0.15, 0.2) is 12.3 Å². The number of nitrogens with zero attached hydrogens (tertiary/aromatic N) is 1. The molecule has 0 bridgehead atoms. The fourth-order valence-electron chi connectivity index (χ4n) is 0.758. The van der Waals surface area contributed by atoms with Crippen molar-refractivity contribution < 1.29 is 32.2 Å². The van der Waals surface area contributed by atoms with E-state index in [0.717, 1.165) is 0 Å². The summed E-state index contributed by atoms with van der Waals surface area (Å²) in [6, 6.07) is 0.352. The molecule has 0 saturated carbocycles. The lowest BCUT2D eigenvalue weighted by molar-refractivity contribution is -0.276. The molecule has 0 radical (unpaired) electrons. The molecule has 8 heteroatoms. The third kappa shape index (κ3) is 3.08. The lowest BCUT2D eigenvalue weighted by Gasteiger charge is -2.07. The molecule has 0 atom stereocenters. The molecular weight excluding hydrogens is 222 g/mol. The van der Waals surface area contributed by atoms with Gasteiger partial charge in [-0.05, 0) is 0 Å². The van der Waals surface area contributed by atoms with Crippen LogP contribution in [0.1, 0.15) is 10.4 Å². The van der Waals surface area contributed by atoms with Crippen LogP contribution in [0, 0.1) is 5.82 Å². The van der Waals surface area contributed by atoms with E-state index in [2.05, 4.69) is 9.72 Å². The smallest absolute Gasteiger partial charge is 0.478 e. The molecular formula is C7H3F4NO3. The standard InChI is InChI=1S/C7H3F4NO3/c8-4-2-12-5(15-7(9,10)11)1-3(4)6(13)14/h1-2H,(H,13,14). The van der Waals surface area contributed by atoms with Crippen LogP contribution in [0.3, 0.4) is 0 Å². The molecule has 1 aromatic rings. The van der Waals surface area contributed by atoms with Gasteiger partial charge in [-0.3, -0.25) is 0 Å². The highest BCUT2D eigenvalue weighted by atomic mass is 19.4. The quantitative estimate of drug-likeness (QED) is 0.780. The second-order valence-electron chi connectivity index (χ2n) is 2.36. The Bertz CT molecular complexity index is 390. The van der Waals surface area contributed by atoms with Crippen LogP contribution in [0.25, 0.3) is 0 Å². The minimum Gasteiger partial charge on any atom is -0.478 e. The molecule has 0 spiro atoms. The number of aromatic nitrogens is 1. The van der Waals surface area contributed by atoms with Crippen molar-refractivity contribution in [2.24, 2.45) is 0 Å². The zero-order valence-electron chi connectivity index (χ0n) is 6.88. The SMILES string of the molecule is O=C(O)c1cc(OC(F)(F)F)ncc1F. The lowest BCUT2D eigenvalue weighted by atomic mass is 10.2. The number of halogens is 4. The van der Waals surface area contributed by atoms with E-state index in [1.165, 1.54) is 0 Å². The van der Waals surface area contributed by atoms with Crippen molar-refractivity contribution in [3.63, 3.8) is 0 Å². The molecule has 0 aliphatic carbocycles. The van der Waals surface area contributed by atoms with Crippen molar-refractivity contribution >= 4 is 5.97 Å². The number of carboxylic acids is 1. The Morgan fingerprint density at radius 3 is 2.53 bits per heavy atom. The third-order valence-corrected chi connectivity index (χ3v) is 1.28. The summed E-state index contributed by atoms with van der Waals surface area (Å²) in [5, 5.41) is 8.38. The van der Waals surface area contributed by atoms with E-state index in [1.54, 1.807) is 0 Å². The predicted molar refractivity (Wildman–Crippen MR) is 37.8 cm³/mol. The van der Waals surface area contributed by atoms with E-state index in [-0.39, 0.29) is 0 Å². The highest BCUT2D eigenvalue weighted by Gasteiger charge is 2.32. The number of hydrogen-bond acceptors (Lipinski definition) is 3. The van der Waals surface area contributed by atoms with Crippen LogP contribution in [-0.4, -0.2) is 22.4 Å². The first-order valence-corrected chi connectivity index (χ1v) is 3.44. The molecule has 1 heterocycles. The van der Waals surface area contributed by atoms with Gasteiger partial charge >= 0.3 is 12.3 Å². The number of hydrogen-bond donors (Lipinski definition) is 1. The lowest BCUT2D eigenvalue weighted by Crippen LogP contribution is -2.18. The van der Waals surface area contributed by atoms with Crippen molar-refractivity contribution in [3.05, 3.63) is 23.6 Å². The first-order valence-electron chi connectivity index (χ1n) is 3.44. The average molecular weight is 225 g/mol. The monoisotopic (exact) mass is 225 g/mol. The fraction of sp³-hybridized carbons (Fsp3) is 0.143. The van der Waals surface area contributed by atoms with Gasteiger partial charge in [-0.2, -0.15) is 0 Å². The third-order valence-electron chi connectivity index (χ3n) is 1.28. The molecule has 0 aromatic carbocycles. The maximum absolute atomic E-state index is 12.7.